The Balaban J connectivity index is 1.52. The van der Waals surface area contributed by atoms with Crippen LogP contribution >= 0.6 is 0 Å². The lowest BCUT2D eigenvalue weighted by Gasteiger charge is -2.47. The lowest BCUT2D eigenvalue weighted by molar-refractivity contribution is -0.123. The smallest absolute Gasteiger partial charge is 0.225 e. The molecule has 1 aromatic heterocycles. The van der Waals surface area contributed by atoms with Gasteiger partial charge in [0.2, 0.25) is 11.9 Å². The Morgan fingerprint density at radius 2 is 1.96 bits per heavy atom. The fourth-order valence-electron chi connectivity index (χ4n) is 3.99. The molecule has 1 spiro atoms. The van der Waals surface area contributed by atoms with E-state index in [-0.39, 0.29) is 30.6 Å². The van der Waals surface area contributed by atoms with Crippen LogP contribution in [0, 0.1) is 0 Å². The molecule has 0 saturated carbocycles. The maximum Gasteiger partial charge on any atom is 0.225 e. The minimum Gasteiger partial charge on any atom is -0.487 e. The average Bonchev–Trinajstić information content (AvgIpc) is 2.69. The van der Waals surface area contributed by atoms with Crippen molar-refractivity contribution in [2.45, 2.75) is 37.3 Å². The van der Waals surface area contributed by atoms with Gasteiger partial charge in [-0.1, -0.05) is 18.2 Å². The van der Waals surface area contributed by atoms with Crippen LogP contribution in [-0.4, -0.2) is 46.3 Å². The molecule has 0 aliphatic carbocycles. The number of piperidine rings is 1. The molecular formula is C20H24N4O3. The first-order valence-electron chi connectivity index (χ1n) is 9.39. The summed E-state index contributed by atoms with van der Waals surface area (Å²) in [4.78, 5) is 22.9. The van der Waals surface area contributed by atoms with Gasteiger partial charge in [0.1, 0.15) is 11.4 Å². The summed E-state index contributed by atoms with van der Waals surface area (Å²) >= 11 is 0. The fraction of sp³-hybridized carbons (Fsp3) is 0.450. The van der Waals surface area contributed by atoms with Crippen molar-refractivity contribution in [2.24, 2.45) is 0 Å². The lowest BCUT2D eigenvalue weighted by Crippen LogP contribution is -2.52. The number of ether oxygens (including phenoxy) is 1. The van der Waals surface area contributed by atoms with Crippen molar-refractivity contribution in [3.8, 4) is 5.75 Å². The summed E-state index contributed by atoms with van der Waals surface area (Å²) in [5, 5.41) is 12.1. The van der Waals surface area contributed by atoms with Gasteiger partial charge in [0.15, 0.2) is 0 Å². The molecule has 1 saturated heterocycles. The Bertz CT molecular complexity index is 791. The van der Waals surface area contributed by atoms with Crippen LogP contribution in [0.4, 0.5) is 5.95 Å². The number of aromatic nitrogens is 2. The Kier molecular flexibility index (Phi) is 4.94. The summed E-state index contributed by atoms with van der Waals surface area (Å²) in [6.45, 7) is 1.47. The third-order valence-corrected chi connectivity index (χ3v) is 5.38. The normalized spacial score (nSPS) is 20.6. The summed E-state index contributed by atoms with van der Waals surface area (Å²) in [5.41, 5.74) is 0.694. The highest BCUT2D eigenvalue weighted by molar-refractivity contribution is 5.76. The van der Waals surface area contributed by atoms with E-state index in [4.69, 9.17) is 9.84 Å². The molecule has 4 rings (SSSR count). The largest absolute Gasteiger partial charge is 0.487 e. The quantitative estimate of drug-likeness (QED) is 0.856. The molecule has 1 unspecified atom stereocenters. The van der Waals surface area contributed by atoms with Crippen LogP contribution in [0.25, 0.3) is 0 Å². The molecule has 2 aliphatic rings. The highest BCUT2D eigenvalue weighted by atomic mass is 16.5. The highest BCUT2D eigenvalue weighted by Crippen LogP contribution is 2.44. The van der Waals surface area contributed by atoms with E-state index in [0.717, 1.165) is 49.6 Å². The van der Waals surface area contributed by atoms with Gasteiger partial charge in [-0.25, -0.2) is 9.97 Å². The molecule has 0 radical (unpaired) electrons. The molecule has 2 N–H and O–H groups in total. The topological polar surface area (TPSA) is 87.6 Å². The number of aliphatic hydroxyl groups is 1. The van der Waals surface area contributed by atoms with E-state index in [2.05, 4.69) is 20.2 Å². The third kappa shape index (κ3) is 3.73. The Labute approximate surface area is 158 Å². The maximum atomic E-state index is 12.1. The van der Waals surface area contributed by atoms with E-state index in [0.29, 0.717) is 0 Å². The number of para-hydroxylation sites is 1. The summed E-state index contributed by atoms with van der Waals surface area (Å²) in [6.07, 6.45) is 6.04. The van der Waals surface area contributed by atoms with E-state index in [1.807, 2.05) is 30.3 Å². The minimum absolute atomic E-state index is 0.103. The van der Waals surface area contributed by atoms with E-state index < -0.39 is 0 Å². The summed E-state index contributed by atoms with van der Waals surface area (Å²) in [6, 6.07) is 9.59. The zero-order valence-electron chi connectivity index (χ0n) is 15.2. The molecule has 1 amide bonds. The molecular weight excluding hydrogens is 344 g/mol. The number of nitrogens with zero attached hydrogens (tertiary/aromatic N) is 3. The molecule has 142 valence electrons. The van der Waals surface area contributed by atoms with E-state index >= 15 is 0 Å². The predicted octanol–water partition coefficient (Wildman–Crippen LogP) is 1.84. The van der Waals surface area contributed by atoms with Crippen LogP contribution in [0.15, 0.2) is 42.7 Å². The first-order chi connectivity index (χ1) is 13.2. The van der Waals surface area contributed by atoms with Gasteiger partial charge in [-0.3, -0.25) is 4.79 Å². The summed E-state index contributed by atoms with van der Waals surface area (Å²) < 4.78 is 6.45. The molecule has 1 atom stereocenters. The van der Waals surface area contributed by atoms with Crippen LogP contribution < -0.4 is 15.0 Å². The molecule has 3 heterocycles. The molecule has 27 heavy (non-hydrogen) atoms. The van der Waals surface area contributed by atoms with Crippen molar-refractivity contribution in [2.75, 3.05) is 24.6 Å². The van der Waals surface area contributed by atoms with Gasteiger partial charge in [0.25, 0.3) is 0 Å². The Morgan fingerprint density at radius 3 is 2.70 bits per heavy atom. The molecule has 0 bridgehead atoms. The third-order valence-electron chi connectivity index (χ3n) is 5.38. The van der Waals surface area contributed by atoms with Gasteiger partial charge in [0.05, 0.1) is 12.6 Å². The van der Waals surface area contributed by atoms with Crippen LogP contribution in [0.1, 0.15) is 37.3 Å². The standard InChI is InChI=1S/C20H24N4O3/c25-13-6-18(26)23-16-14-20(27-17-5-2-1-4-15(16)17)7-11-24(12-8-20)19-21-9-3-10-22-19/h1-5,9-10,16,25H,6-8,11-14H2,(H,23,26). The summed E-state index contributed by atoms with van der Waals surface area (Å²) in [7, 11) is 0. The van der Waals surface area contributed by atoms with E-state index in [9.17, 15) is 4.79 Å². The molecule has 7 heteroatoms. The maximum absolute atomic E-state index is 12.1. The fourth-order valence-corrected chi connectivity index (χ4v) is 3.99. The molecule has 1 aromatic carbocycles. The second-order valence-electron chi connectivity index (χ2n) is 7.16. The molecule has 7 nitrogen and oxygen atoms in total. The van der Waals surface area contributed by atoms with Gasteiger partial charge >= 0.3 is 0 Å². The molecule has 1 fully saturated rings. The van der Waals surface area contributed by atoms with Gasteiger partial charge in [-0.2, -0.15) is 0 Å². The summed E-state index contributed by atoms with van der Waals surface area (Å²) in [5.74, 6) is 1.45. The number of hydrogen-bond acceptors (Lipinski definition) is 6. The van der Waals surface area contributed by atoms with Crippen LogP contribution in [0.3, 0.4) is 0 Å². The van der Waals surface area contributed by atoms with Crippen LogP contribution in [0.5, 0.6) is 5.75 Å². The highest BCUT2D eigenvalue weighted by Gasteiger charge is 2.43. The first-order valence-corrected chi connectivity index (χ1v) is 9.39. The van der Waals surface area contributed by atoms with E-state index in [1.165, 1.54) is 0 Å². The zero-order valence-corrected chi connectivity index (χ0v) is 15.2. The van der Waals surface area contributed by atoms with Crippen molar-refractivity contribution in [3.05, 3.63) is 48.3 Å². The predicted molar refractivity (Wildman–Crippen MR) is 100 cm³/mol. The van der Waals surface area contributed by atoms with Gasteiger partial charge in [-0.05, 0) is 12.1 Å². The average molecular weight is 368 g/mol. The Morgan fingerprint density at radius 1 is 1.22 bits per heavy atom. The SMILES string of the molecule is O=C(CCO)NC1CC2(CCN(c3ncccn3)CC2)Oc2ccccc21. The van der Waals surface area contributed by atoms with Crippen molar-refractivity contribution < 1.29 is 14.6 Å². The van der Waals surface area contributed by atoms with E-state index in [1.54, 1.807) is 12.4 Å². The van der Waals surface area contributed by atoms with Crippen molar-refractivity contribution >= 4 is 11.9 Å². The minimum atomic E-state index is -0.309. The number of fused-ring (bicyclic) bond motifs is 1. The number of anilines is 1. The zero-order chi connectivity index (χ0) is 18.7. The number of hydrogen-bond donors (Lipinski definition) is 2. The number of amides is 1. The molecule has 2 aliphatic heterocycles. The van der Waals surface area contributed by atoms with Gasteiger partial charge in [-0.15, -0.1) is 0 Å². The van der Waals surface area contributed by atoms with Crippen LogP contribution in [-0.2, 0) is 4.79 Å². The van der Waals surface area contributed by atoms with Gasteiger partial charge in [0, 0.05) is 56.7 Å². The number of benzene rings is 1. The second-order valence-corrected chi connectivity index (χ2v) is 7.16. The van der Waals surface area contributed by atoms with Crippen molar-refractivity contribution in [1.82, 2.24) is 15.3 Å². The van der Waals surface area contributed by atoms with Crippen molar-refractivity contribution in [3.63, 3.8) is 0 Å². The first kappa shape index (κ1) is 17.7. The second kappa shape index (κ2) is 7.52. The monoisotopic (exact) mass is 368 g/mol. The number of rotatable bonds is 4. The number of carbonyl (C=O) groups excluding carboxylic acids is 1. The lowest BCUT2D eigenvalue weighted by atomic mass is 9.80. The number of nitrogens with one attached hydrogen (secondary N) is 1. The number of carbonyl (C=O) groups is 1. The van der Waals surface area contributed by atoms with Crippen molar-refractivity contribution in [1.29, 1.82) is 0 Å². The number of aliphatic hydroxyl groups excluding tert-OH is 1. The molecule has 2 aromatic rings. The Hall–Kier alpha value is -2.67. The van der Waals surface area contributed by atoms with Gasteiger partial charge < -0.3 is 20.1 Å². The van der Waals surface area contributed by atoms with Crippen LogP contribution in [0.2, 0.25) is 0 Å².